The van der Waals surface area contributed by atoms with Crippen molar-refractivity contribution in [3.63, 3.8) is 0 Å². The highest BCUT2D eigenvalue weighted by Crippen LogP contribution is 2.23. The summed E-state index contributed by atoms with van der Waals surface area (Å²) in [5.74, 6) is 0.293. The number of hydrogen-bond donors (Lipinski definition) is 1. The van der Waals surface area contributed by atoms with E-state index in [9.17, 15) is 4.79 Å². The molecule has 6 heteroatoms. The molecule has 0 aliphatic heterocycles. The second-order valence-electron chi connectivity index (χ2n) is 6.14. The molecule has 0 bridgehead atoms. The molecule has 4 nitrogen and oxygen atoms in total. The standard InChI is InChI=1S/C22H18BrClN2O2/c1-15-7-9-19(20(24)11-15)22(27)26-25-13-17-12-18(23)8-10-21(17)28-14-16-5-3-2-4-6-16/h2-13H,14H2,1H3,(H,26,27)/b25-13-. The number of benzene rings is 3. The van der Waals surface area contributed by atoms with Crippen LogP contribution in [0.4, 0.5) is 0 Å². The topological polar surface area (TPSA) is 50.7 Å². The Kier molecular flexibility index (Phi) is 6.85. The van der Waals surface area contributed by atoms with Gasteiger partial charge in [0.25, 0.3) is 5.91 Å². The molecule has 0 unspecified atom stereocenters. The van der Waals surface area contributed by atoms with E-state index in [0.29, 0.717) is 22.9 Å². The molecule has 0 aromatic heterocycles. The fourth-order valence-electron chi connectivity index (χ4n) is 2.51. The zero-order valence-corrected chi connectivity index (χ0v) is 17.5. The van der Waals surface area contributed by atoms with Crippen molar-refractivity contribution in [2.75, 3.05) is 0 Å². The smallest absolute Gasteiger partial charge is 0.272 e. The highest BCUT2D eigenvalue weighted by molar-refractivity contribution is 9.10. The zero-order valence-electron chi connectivity index (χ0n) is 15.2. The van der Waals surface area contributed by atoms with Crippen molar-refractivity contribution < 1.29 is 9.53 Å². The minimum atomic E-state index is -0.372. The minimum Gasteiger partial charge on any atom is -0.488 e. The van der Waals surface area contributed by atoms with Crippen LogP contribution in [-0.4, -0.2) is 12.1 Å². The summed E-state index contributed by atoms with van der Waals surface area (Å²) < 4.78 is 6.79. The highest BCUT2D eigenvalue weighted by atomic mass is 79.9. The zero-order chi connectivity index (χ0) is 19.9. The molecule has 0 saturated heterocycles. The van der Waals surface area contributed by atoms with Gasteiger partial charge < -0.3 is 4.74 Å². The number of ether oxygens (including phenoxy) is 1. The summed E-state index contributed by atoms with van der Waals surface area (Å²) >= 11 is 9.57. The maximum atomic E-state index is 12.3. The third kappa shape index (κ3) is 5.44. The number of rotatable bonds is 6. The van der Waals surface area contributed by atoms with Crippen LogP contribution in [0.2, 0.25) is 5.02 Å². The molecule has 3 aromatic carbocycles. The van der Waals surface area contributed by atoms with Crippen molar-refractivity contribution in [3.8, 4) is 5.75 Å². The lowest BCUT2D eigenvalue weighted by molar-refractivity contribution is 0.0955. The number of carbonyl (C=O) groups excluding carboxylic acids is 1. The Morgan fingerprint density at radius 1 is 1.14 bits per heavy atom. The Bertz CT molecular complexity index is 1010. The first-order valence-electron chi connectivity index (χ1n) is 8.59. The molecule has 0 heterocycles. The molecular formula is C22H18BrClN2O2. The second-order valence-corrected chi connectivity index (χ2v) is 7.46. The summed E-state index contributed by atoms with van der Waals surface area (Å²) in [6.45, 7) is 2.35. The number of aryl methyl sites for hydroxylation is 1. The van der Waals surface area contributed by atoms with Gasteiger partial charge >= 0.3 is 0 Å². The molecule has 0 atom stereocenters. The van der Waals surface area contributed by atoms with Crippen molar-refractivity contribution in [2.24, 2.45) is 5.10 Å². The van der Waals surface area contributed by atoms with Crippen molar-refractivity contribution in [1.82, 2.24) is 5.43 Å². The van der Waals surface area contributed by atoms with Crippen LogP contribution in [0.15, 0.2) is 76.3 Å². The van der Waals surface area contributed by atoms with Crippen LogP contribution in [-0.2, 0) is 6.61 Å². The number of hydrogen-bond acceptors (Lipinski definition) is 3. The van der Waals surface area contributed by atoms with Gasteiger partial charge in [0.2, 0.25) is 0 Å². The summed E-state index contributed by atoms with van der Waals surface area (Å²) in [6, 6.07) is 20.8. The van der Waals surface area contributed by atoms with E-state index in [0.717, 1.165) is 21.2 Å². The van der Waals surface area contributed by atoms with E-state index in [4.69, 9.17) is 16.3 Å². The molecule has 0 fully saturated rings. The SMILES string of the molecule is Cc1ccc(C(=O)N/N=C\c2cc(Br)ccc2OCc2ccccc2)c(Cl)c1. The molecule has 1 amide bonds. The van der Waals surface area contributed by atoms with Crippen molar-refractivity contribution in [3.05, 3.63) is 98.5 Å². The molecule has 28 heavy (non-hydrogen) atoms. The van der Waals surface area contributed by atoms with E-state index in [2.05, 4.69) is 26.5 Å². The summed E-state index contributed by atoms with van der Waals surface area (Å²) in [5.41, 5.74) is 5.67. The van der Waals surface area contributed by atoms with Crippen molar-refractivity contribution in [2.45, 2.75) is 13.5 Å². The molecular weight excluding hydrogens is 440 g/mol. The molecule has 1 N–H and O–H groups in total. The summed E-state index contributed by atoms with van der Waals surface area (Å²) in [5, 5.41) is 4.44. The Morgan fingerprint density at radius 3 is 2.68 bits per heavy atom. The number of carbonyl (C=O) groups is 1. The lowest BCUT2D eigenvalue weighted by Gasteiger charge is -2.10. The normalized spacial score (nSPS) is 10.8. The third-order valence-electron chi connectivity index (χ3n) is 3.95. The van der Waals surface area contributed by atoms with Crippen LogP contribution < -0.4 is 10.2 Å². The highest BCUT2D eigenvalue weighted by Gasteiger charge is 2.09. The fourth-order valence-corrected chi connectivity index (χ4v) is 3.21. The number of hydrazone groups is 1. The average molecular weight is 458 g/mol. The van der Waals surface area contributed by atoms with E-state index >= 15 is 0 Å². The lowest BCUT2D eigenvalue weighted by Crippen LogP contribution is -2.18. The van der Waals surface area contributed by atoms with Gasteiger partial charge in [-0.05, 0) is 48.4 Å². The van der Waals surface area contributed by atoms with Gasteiger partial charge in [0.1, 0.15) is 12.4 Å². The van der Waals surface area contributed by atoms with E-state index in [-0.39, 0.29) is 5.91 Å². The van der Waals surface area contributed by atoms with Crippen LogP contribution in [0.25, 0.3) is 0 Å². The van der Waals surface area contributed by atoms with Crippen molar-refractivity contribution >= 4 is 39.7 Å². The number of halogens is 2. The van der Waals surface area contributed by atoms with Gasteiger partial charge in [-0.1, -0.05) is 63.9 Å². The molecule has 0 aliphatic carbocycles. The first-order chi connectivity index (χ1) is 13.5. The maximum absolute atomic E-state index is 12.3. The minimum absolute atomic E-state index is 0.372. The first-order valence-corrected chi connectivity index (χ1v) is 9.76. The molecule has 0 spiro atoms. The molecule has 0 radical (unpaired) electrons. The molecule has 3 aromatic rings. The number of nitrogens with zero attached hydrogens (tertiary/aromatic N) is 1. The number of amides is 1. The van der Waals surface area contributed by atoms with Gasteiger partial charge in [-0.3, -0.25) is 4.79 Å². The van der Waals surface area contributed by atoms with Crippen LogP contribution in [0, 0.1) is 6.92 Å². The van der Waals surface area contributed by atoms with Gasteiger partial charge in [-0.25, -0.2) is 5.43 Å². The Morgan fingerprint density at radius 2 is 1.93 bits per heavy atom. The summed E-state index contributed by atoms with van der Waals surface area (Å²) in [6.07, 6.45) is 1.55. The summed E-state index contributed by atoms with van der Waals surface area (Å²) in [7, 11) is 0. The van der Waals surface area contributed by atoms with Crippen LogP contribution in [0.5, 0.6) is 5.75 Å². The van der Waals surface area contributed by atoms with Gasteiger partial charge in [0, 0.05) is 10.0 Å². The van der Waals surface area contributed by atoms with E-state index in [1.807, 2.05) is 61.5 Å². The maximum Gasteiger partial charge on any atom is 0.272 e. The van der Waals surface area contributed by atoms with Crippen LogP contribution in [0.1, 0.15) is 27.0 Å². The fraction of sp³-hybridized carbons (Fsp3) is 0.0909. The van der Waals surface area contributed by atoms with Crippen molar-refractivity contribution in [1.29, 1.82) is 0 Å². The first kappa shape index (κ1) is 20.1. The average Bonchev–Trinajstić information content (AvgIpc) is 2.68. The predicted octanol–water partition coefficient (Wildman–Crippen LogP) is 5.75. The van der Waals surface area contributed by atoms with E-state index in [1.165, 1.54) is 0 Å². The van der Waals surface area contributed by atoms with E-state index < -0.39 is 0 Å². The third-order valence-corrected chi connectivity index (χ3v) is 4.75. The van der Waals surface area contributed by atoms with Gasteiger partial charge in [-0.15, -0.1) is 0 Å². The van der Waals surface area contributed by atoms with Crippen LogP contribution >= 0.6 is 27.5 Å². The largest absolute Gasteiger partial charge is 0.488 e. The molecule has 142 valence electrons. The second kappa shape index (κ2) is 9.53. The number of nitrogens with one attached hydrogen (secondary N) is 1. The molecule has 0 aliphatic rings. The van der Waals surface area contributed by atoms with Crippen LogP contribution in [0.3, 0.4) is 0 Å². The molecule has 3 rings (SSSR count). The van der Waals surface area contributed by atoms with Gasteiger partial charge in [-0.2, -0.15) is 5.10 Å². The van der Waals surface area contributed by atoms with Gasteiger partial charge in [0.05, 0.1) is 16.8 Å². The molecule has 0 saturated carbocycles. The quantitative estimate of drug-likeness (QED) is 0.378. The Labute approximate surface area is 177 Å². The summed E-state index contributed by atoms with van der Waals surface area (Å²) in [4.78, 5) is 12.3. The van der Waals surface area contributed by atoms with E-state index in [1.54, 1.807) is 18.3 Å². The monoisotopic (exact) mass is 456 g/mol. The Hall–Kier alpha value is -2.63. The lowest BCUT2D eigenvalue weighted by atomic mass is 10.1. The Balaban J connectivity index is 1.70. The predicted molar refractivity (Wildman–Crippen MR) is 116 cm³/mol. The van der Waals surface area contributed by atoms with Gasteiger partial charge in [0.15, 0.2) is 0 Å².